The Bertz CT molecular complexity index is 653. The van der Waals surface area contributed by atoms with Crippen LogP contribution in [-0.4, -0.2) is 22.8 Å². The van der Waals surface area contributed by atoms with Crippen molar-refractivity contribution in [3.8, 4) is 0 Å². The van der Waals surface area contributed by atoms with Crippen LogP contribution in [0.4, 0.5) is 5.69 Å². The number of benzene rings is 1. The van der Waals surface area contributed by atoms with E-state index >= 15 is 0 Å². The molecule has 3 atom stereocenters. The maximum atomic E-state index is 11.4. The van der Waals surface area contributed by atoms with Gasteiger partial charge in [0.2, 0.25) is 0 Å². The van der Waals surface area contributed by atoms with Crippen molar-refractivity contribution in [3.05, 3.63) is 30.3 Å². The fraction of sp³-hybridized carbons (Fsp3) is 0.600. The van der Waals surface area contributed by atoms with Gasteiger partial charge in [-0.3, -0.25) is 4.79 Å². The van der Waals surface area contributed by atoms with Crippen LogP contribution in [0.5, 0.6) is 0 Å². The molecule has 24 heavy (non-hydrogen) atoms. The van der Waals surface area contributed by atoms with Crippen LogP contribution in [0.15, 0.2) is 35.4 Å². The second-order valence-corrected chi connectivity index (χ2v) is 8.18. The molecule has 4 nitrogen and oxygen atoms in total. The van der Waals surface area contributed by atoms with Crippen LogP contribution in [0.25, 0.3) is 0 Å². The first kappa shape index (κ1) is 17.2. The summed E-state index contributed by atoms with van der Waals surface area (Å²) in [5.74, 6) is 0.825. The molecule has 130 valence electrons. The van der Waals surface area contributed by atoms with Crippen molar-refractivity contribution in [2.24, 2.45) is 21.8 Å². The first-order valence-electron chi connectivity index (χ1n) is 8.86. The lowest BCUT2D eigenvalue weighted by Gasteiger charge is -2.36. The fourth-order valence-electron chi connectivity index (χ4n) is 4.49. The van der Waals surface area contributed by atoms with Crippen molar-refractivity contribution >= 4 is 17.3 Å². The third-order valence-electron chi connectivity index (χ3n) is 6.66. The number of aliphatic hydroxyl groups is 1. The molecule has 1 N–H and O–H groups in total. The van der Waals surface area contributed by atoms with E-state index in [0.717, 1.165) is 23.7 Å². The predicted octanol–water partition coefficient (Wildman–Crippen LogP) is 3.99. The molecular weight excluding hydrogens is 300 g/mol. The normalized spacial score (nSPS) is 33.3. The van der Waals surface area contributed by atoms with Gasteiger partial charge in [0.1, 0.15) is 0 Å². The number of rotatable bonds is 1. The van der Waals surface area contributed by atoms with Crippen LogP contribution in [0.3, 0.4) is 0 Å². The number of para-hydroxylation sites is 1. The van der Waals surface area contributed by atoms with Gasteiger partial charge in [-0.25, -0.2) is 5.01 Å². The molecule has 0 radical (unpaired) electrons. The largest absolute Gasteiger partial charge is 0.393 e. The minimum Gasteiger partial charge on any atom is -0.393 e. The number of nitrogens with zero attached hydrogens (tertiary/aromatic N) is 2. The lowest BCUT2D eigenvalue weighted by Crippen LogP contribution is -2.35. The van der Waals surface area contributed by atoms with E-state index in [1.54, 1.807) is 0 Å². The minimum atomic E-state index is -0.0313. The van der Waals surface area contributed by atoms with Crippen LogP contribution >= 0.6 is 0 Å². The summed E-state index contributed by atoms with van der Waals surface area (Å²) in [7, 11) is 0. The standard InChI is InChI=1S/C10H10N2O.C10H18O/c1-8-7-10(13)12(11-8)9-5-3-2-4-6-9;1-9(2)7-4-5-10(9,3)8(11)6-7/h2-6H,7H2,1H3;7-8,11H,4-6H2,1-3H3/t;7-,8+,10+/m.0/s1. The van der Waals surface area contributed by atoms with Crippen LogP contribution in [0, 0.1) is 16.7 Å². The number of aliphatic hydroxyl groups excluding tert-OH is 1. The van der Waals surface area contributed by atoms with E-state index in [1.807, 2.05) is 37.3 Å². The highest BCUT2D eigenvalue weighted by Crippen LogP contribution is 2.65. The third kappa shape index (κ3) is 2.67. The van der Waals surface area contributed by atoms with Gasteiger partial charge in [-0.05, 0) is 55.1 Å². The van der Waals surface area contributed by atoms with Crippen LogP contribution in [-0.2, 0) is 4.79 Å². The van der Waals surface area contributed by atoms with Gasteiger partial charge in [0.05, 0.1) is 18.2 Å². The van der Waals surface area contributed by atoms with Crippen LogP contribution in [0.2, 0.25) is 0 Å². The molecule has 0 unspecified atom stereocenters. The van der Waals surface area contributed by atoms with Gasteiger partial charge >= 0.3 is 0 Å². The average Bonchev–Trinajstić information content (AvgIpc) is 3.05. The summed E-state index contributed by atoms with van der Waals surface area (Å²) in [6.45, 7) is 8.76. The molecule has 0 spiro atoms. The number of hydrazone groups is 1. The van der Waals surface area contributed by atoms with Gasteiger partial charge in [-0.1, -0.05) is 39.0 Å². The predicted molar refractivity (Wildman–Crippen MR) is 96.9 cm³/mol. The summed E-state index contributed by atoms with van der Waals surface area (Å²) in [4.78, 5) is 11.4. The molecule has 3 aliphatic rings. The zero-order valence-corrected chi connectivity index (χ0v) is 15.1. The summed E-state index contributed by atoms with van der Waals surface area (Å²) >= 11 is 0. The lowest BCUT2D eigenvalue weighted by atomic mass is 9.70. The van der Waals surface area contributed by atoms with Crippen molar-refractivity contribution in [1.82, 2.24) is 0 Å². The summed E-state index contributed by atoms with van der Waals surface area (Å²) < 4.78 is 0. The number of fused-ring (bicyclic) bond motifs is 2. The molecule has 1 heterocycles. The molecule has 1 aliphatic heterocycles. The molecule has 0 aromatic heterocycles. The Morgan fingerprint density at radius 2 is 1.88 bits per heavy atom. The molecule has 2 saturated carbocycles. The van der Waals surface area contributed by atoms with E-state index < -0.39 is 0 Å². The number of hydrogen-bond acceptors (Lipinski definition) is 3. The summed E-state index contributed by atoms with van der Waals surface area (Å²) in [6.07, 6.45) is 4.02. The Morgan fingerprint density at radius 1 is 1.21 bits per heavy atom. The second-order valence-electron chi connectivity index (χ2n) is 8.18. The minimum absolute atomic E-state index is 0.0313. The van der Waals surface area contributed by atoms with E-state index in [1.165, 1.54) is 17.9 Å². The number of hydrogen-bond donors (Lipinski definition) is 1. The first-order valence-corrected chi connectivity index (χ1v) is 8.86. The van der Waals surface area contributed by atoms with Crippen LogP contribution in [0.1, 0.15) is 53.4 Å². The SMILES string of the molecule is CC1(C)[C@H]2CC[C@]1(C)[C@H](O)C2.CC1=NN(c2ccccc2)C(=O)C1. The second kappa shape index (κ2) is 5.99. The summed E-state index contributed by atoms with van der Waals surface area (Å²) in [5.41, 5.74) is 2.31. The van der Waals surface area contributed by atoms with Gasteiger partial charge in [0.25, 0.3) is 5.91 Å². The summed E-state index contributed by atoms with van der Waals surface area (Å²) in [6, 6.07) is 9.46. The van der Waals surface area contributed by atoms with Crippen molar-refractivity contribution < 1.29 is 9.90 Å². The first-order chi connectivity index (χ1) is 11.3. The zero-order valence-electron chi connectivity index (χ0n) is 15.1. The maximum Gasteiger partial charge on any atom is 0.253 e. The van der Waals surface area contributed by atoms with Crippen molar-refractivity contribution in [3.63, 3.8) is 0 Å². The van der Waals surface area contributed by atoms with E-state index in [-0.39, 0.29) is 17.4 Å². The van der Waals surface area contributed by atoms with Gasteiger partial charge in [0, 0.05) is 5.71 Å². The third-order valence-corrected chi connectivity index (χ3v) is 6.66. The molecule has 0 saturated heterocycles. The molecule has 4 rings (SSSR count). The van der Waals surface area contributed by atoms with Crippen LogP contribution < -0.4 is 5.01 Å². The van der Waals surface area contributed by atoms with Gasteiger partial charge in [0.15, 0.2) is 0 Å². The van der Waals surface area contributed by atoms with Gasteiger partial charge in [-0.15, -0.1) is 0 Å². The van der Waals surface area contributed by atoms with E-state index in [2.05, 4.69) is 25.9 Å². The highest BCUT2D eigenvalue weighted by molar-refractivity contribution is 6.12. The number of carbonyl (C=O) groups is 1. The molecule has 2 fully saturated rings. The molecular formula is C20H28N2O2. The number of anilines is 1. The molecule has 2 aliphatic carbocycles. The van der Waals surface area contributed by atoms with Gasteiger partial charge < -0.3 is 5.11 Å². The summed E-state index contributed by atoms with van der Waals surface area (Å²) in [5, 5.41) is 15.4. The fourth-order valence-corrected chi connectivity index (χ4v) is 4.49. The Balaban J connectivity index is 0.000000143. The van der Waals surface area contributed by atoms with E-state index in [9.17, 15) is 9.90 Å². The Morgan fingerprint density at radius 3 is 2.25 bits per heavy atom. The molecule has 1 aromatic carbocycles. The molecule has 1 aromatic rings. The highest BCUT2D eigenvalue weighted by atomic mass is 16.3. The van der Waals surface area contributed by atoms with E-state index in [4.69, 9.17) is 0 Å². The highest BCUT2D eigenvalue weighted by Gasteiger charge is 2.60. The van der Waals surface area contributed by atoms with E-state index in [0.29, 0.717) is 11.8 Å². The Labute approximate surface area is 144 Å². The Kier molecular flexibility index (Phi) is 4.28. The zero-order chi connectivity index (χ0) is 17.5. The van der Waals surface area contributed by atoms with Crippen molar-refractivity contribution in [2.45, 2.75) is 59.5 Å². The molecule has 4 heteroatoms. The lowest BCUT2D eigenvalue weighted by molar-refractivity contribution is -0.116. The van der Waals surface area contributed by atoms with Crippen molar-refractivity contribution in [1.29, 1.82) is 0 Å². The quantitative estimate of drug-likeness (QED) is 0.847. The number of amides is 1. The molecule has 1 amide bonds. The average molecular weight is 328 g/mol. The van der Waals surface area contributed by atoms with Gasteiger partial charge in [-0.2, -0.15) is 5.10 Å². The Hall–Kier alpha value is -1.68. The smallest absolute Gasteiger partial charge is 0.253 e. The monoisotopic (exact) mass is 328 g/mol. The number of carbonyl (C=O) groups excluding carboxylic acids is 1. The molecule has 2 bridgehead atoms. The van der Waals surface area contributed by atoms with Crippen molar-refractivity contribution in [2.75, 3.05) is 5.01 Å². The topological polar surface area (TPSA) is 52.9 Å². The maximum absolute atomic E-state index is 11.4.